The number of benzene rings is 2. The number of rotatable bonds is 4. The third kappa shape index (κ3) is 5.48. The number of likely N-dealkylation sites (N-methyl/N-ethyl adjacent to an activating group) is 1. The number of urea groups is 1. The fourth-order valence-corrected chi connectivity index (χ4v) is 3.25. The quantitative estimate of drug-likeness (QED) is 0.664. The number of imide groups is 1. The first-order chi connectivity index (χ1) is 15.0. The smallest absolute Gasteiger partial charge is 0.471 e. The molecule has 0 fully saturated rings. The summed E-state index contributed by atoms with van der Waals surface area (Å²) in [6, 6.07) is 12.3. The van der Waals surface area contributed by atoms with E-state index in [1.165, 1.54) is 19.3 Å². The number of carbonyl (C=O) groups is 3. The summed E-state index contributed by atoms with van der Waals surface area (Å²) in [6.07, 6.45) is -5.75. The van der Waals surface area contributed by atoms with E-state index in [1.54, 1.807) is 18.2 Å². The van der Waals surface area contributed by atoms with Gasteiger partial charge in [-0.1, -0.05) is 30.3 Å². The largest absolute Gasteiger partial charge is 0.481 e. The van der Waals surface area contributed by atoms with Gasteiger partial charge < -0.3 is 20.3 Å². The fourth-order valence-electron chi connectivity index (χ4n) is 3.25. The molecular formula is C21H21F3N4O4. The molecule has 1 heterocycles. The van der Waals surface area contributed by atoms with Gasteiger partial charge in [-0.15, -0.1) is 0 Å². The van der Waals surface area contributed by atoms with Crippen molar-refractivity contribution < 1.29 is 32.3 Å². The minimum atomic E-state index is -5.17. The summed E-state index contributed by atoms with van der Waals surface area (Å²) in [4.78, 5) is 35.5. The van der Waals surface area contributed by atoms with Crippen molar-refractivity contribution in [1.29, 1.82) is 0 Å². The summed E-state index contributed by atoms with van der Waals surface area (Å²) >= 11 is 0. The minimum absolute atomic E-state index is 0.0830. The molecule has 0 saturated heterocycles. The molecule has 2 unspecified atom stereocenters. The van der Waals surface area contributed by atoms with Gasteiger partial charge >= 0.3 is 18.1 Å². The number of halogens is 3. The van der Waals surface area contributed by atoms with Crippen LogP contribution in [0.4, 0.5) is 29.3 Å². The summed E-state index contributed by atoms with van der Waals surface area (Å²) in [5.74, 6) is -2.10. The molecule has 1 aliphatic rings. The summed E-state index contributed by atoms with van der Waals surface area (Å²) in [5, 5.41) is 7.20. The number of nitrogens with zero attached hydrogens (tertiary/aromatic N) is 1. The second-order valence-corrected chi connectivity index (χ2v) is 7.23. The van der Waals surface area contributed by atoms with Crippen LogP contribution in [0.2, 0.25) is 0 Å². The van der Waals surface area contributed by atoms with Crippen LogP contribution in [-0.4, -0.2) is 48.6 Å². The summed E-state index contributed by atoms with van der Waals surface area (Å²) in [6.45, 7) is 1.29. The van der Waals surface area contributed by atoms with E-state index in [0.717, 1.165) is 10.5 Å². The lowest BCUT2D eigenvalue weighted by Crippen LogP contribution is -2.50. The molecule has 0 bridgehead atoms. The molecule has 1 aliphatic heterocycles. The van der Waals surface area contributed by atoms with Gasteiger partial charge in [0.1, 0.15) is 11.9 Å². The van der Waals surface area contributed by atoms with Crippen LogP contribution in [0.1, 0.15) is 18.6 Å². The van der Waals surface area contributed by atoms with Gasteiger partial charge in [0.2, 0.25) is 5.91 Å². The van der Waals surface area contributed by atoms with Gasteiger partial charge in [-0.05, 0) is 23.8 Å². The molecule has 2 aromatic carbocycles. The molecule has 0 saturated carbocycles. The topological polar surface area (TPSA) is 99.8 Å². The maximum atomic E-state index is 12.5. The summed E-state index contributed by atoms with van der Waals surface area (Å²) in [5.41, 5.74) is 1.83. The number of carbonyl (C=O) groups excluding carboxylic acids is 3. The van der Waals surface area contributed by atoms with Crippen LogP contribution in [0.15, 0.2) is 48.5 Å². The Morgan fingerprint density at radius 1 is 1.12 bits per heavy atom. The van der Waals surface area contributed by atoms with Gasteiger partial charge in [0.25, 0.3) is 0 Å². The van der Waals surface area contributed by atoms with Crippen molar-refractivity contribution in [2.24, 2.45) is 0 Å². The third-order valence-corrected chi connectivity index (χ3v) is 4.68. The van der Waals surface area contributed by atoms with E-state index in [-0.39, 0.29) is 12.5 Å². The minimum Gasteiger partial charge on any atom is -0.481 e. The highest BCUT2D eigenvalue weighted by Crippen LogP contribution is 2.39. The molecule has 0 aliphatic carbocycles. The van der Waals surface area contributed by atoms with Crippen molar-refractivity contribution >= 4 is 29.2 Å². The third-order valence-electron chi connectivity index (χ3n) is 4.68. The number of hydrogen-bond acceptors (Lipinski definition) is 5. The number of anilines is 2. The molecule has 170 valence electrons. The molecule has 0 aromatic heterocycles. The Morgan fingerprint density at radius 2 is 1.81 bits per heavy atom. The number of hydrogen-bond donors (Lipinski definition) is 3. The zero-order valence-corrected chi connectivity index (χ0v) is 17.2. The Morgan fingerprint density at radius 3 is 2.44 bits per heavy atom. The maximum absolute atomic E-state index is 12.5. The van der Waals surface area contributed by atoms with Crippen molar-refractivity contribution in [2.45, 2.75) is 25.2 Å². The number of nitrogens with one attached hydrogen (secondary N) is 3. The molecule has 0 spiro atoms. The average Bonchev–Trinajstić information content (AvgIpc) is 2.72. The van der Waals surface area contributed by atoms with Crippen LogP contribution < -0.4 is 20.7 Å². The molecule has 2 atom stereocenters. The number of alkyl halides is 3. The molecule has 11 heteroatoms. The van der Waals surface area contributed by atoms with Crippen LogP contribution in [0.3, 0.4) is 0 Å². The highest BCUT2D eigenvalue weighted by atomic mass is 19.4. The van der Waals surface area contributed by atoms with E-state index >= 15 is 0 Å². The normalized spacial score (nSPS) is 17.3. The van der Waals surface area contributed by atoms with Crippen LogP contribution in [0.25, 0.3) is 0 Å². The first-order valence-electron chi connectivity index (χ1n) is 9.57. The Bertz CT molecular complexity index is 1010. The molecule has 3 rings (SSSR count). The Labute approximate surface area is 181 Å². The standard InChI is InChI=1S/C21H21F3N4O4/c1-12(29)25-14-8-9-17-15(10-14)26-16(18(32-17)13-6-4-3-5-7-13)11-28(2)20(31)27-19(30)21(22,23)24/h3-10,16,18,26H,11H2,1-2H3,(H,25,29)(H,27,30,31). The molecule has 8 nitrogen and oxygen atoms in total. The fraction of sp³-hybridized carbons (Fsp3) is 0.286. The predicted octanol–water partition coefficient (Wildman–Crippen LogP) is 3.29. The zero-order chi connectivity index (χ0) is 23.5. The van der Waals surface area contributed by atoms with Gasteiger partial charge in [-0.3, -0.25) is 14.9 Å². The highest BCUT2D eigenvalue weighted by Gasteiger charge is 2.40. The Hall–Kier alpha value is -3.76. The number of ether oxygens (including phenoxy) is 1. The van der Waals surface area contributed by atoms with Gasteiger partial charge in [0.05, 0.1) is 11.7 Å². The van der Waals surface area contributed by atoms with Crippen molar-refractivity contribution in [3.05, 3.63) is 54.1 Å². The van der Waals surface area contributed by atoms with Crippen molar-refractivity contribution in [1.82, 2.24) is 10.2 Å². The highest BCUT2D eigenvalue weighted by molar-refractivity contribution is 5.97. The first-order valence-corrected chi connectivity index (χ1v) is 9.57. The van der Waals surface area contributed by atoms with Crippen LogP contribution in [0, 0.1) is 0 Å². The van der Waals surface area contributed by atoms with E-state index in [4.69, 9.17) is 4.74 Å². The van der Waals surface area contributed by atoms with Crippen molar-refractivity contribution in [3.8, 4) is 5.75 Å². The lowest BCUT2D eigenvalue weighted by molar-refractivity contribution is -0.172. The lowest BCUT2D eigenvalue weighted by Gasteiger charge is -2.37. The second-order valence-electron chi connectivity index (χ2n) is 7.23. The molecule has 2 aromatic rings. The van der Waals surface area contributed by atoms with E-state index in [1.807, 2.05) is 30.3 Å². The van der Waals surface area contributed by atoms with Gasteiger partial charge in [-0.2, -0.15) is 13.2 Å². The zero-order valence-electron chi connectivity index (χ0n) is 17.2. The van der Waals surface area contributed by atoms with Crippen LogP contribution in [0.5, 0.6) is 5.75 Å². The molecular weight excluding hydrogens is 429 g/mol. The monoisotopic (exact) mass is 450 g/mol. The van der Waals surface area contributed by atoms with Gasteiger partial charge in [-0.25, -0.2) is 4.79 Å². The Balaban J connectivity index is 1.83. The summed E-state index contributed by atoms with van der Waals surface area (Å²) in [7, 11) is 1.27. The van der Waals surface area contributed by atoms with Crippen LogP contribution >= 0.6 is 0 Å². The Kier molecular flexibility index (Phi) is 6.56. The lowest BCUT2D eigenvalue weighted by atomic mass is 9.99. The summed E-state index contributed by atoms with van der Waals surface area (Å²) < 4.78 is 43.5. The molecule has 0 radical (unpaired) electrons. The maximum Gasteiger partial charge on any atom is 0.471 e. The number of fused-ring (bicyclic) bond motifs is 1. The predicted molar refractivity (Wildman–Crippen MR) is 110 cm³/mol. The van der Waals surface area contributed by atoms with E-state index in [2.05, 4.69) is 10.6 Å². The van der Waals surface area contributed by atoms with Crippen molar-refractivity contribution in [3.63, 3.8) is 0 Å². The van der Waals surface area contributed by atoms with E-state index in [0.29, 0.717) is 17.1 Å². The second kappa shape index (κ2) is 9.16. The van der Waals surface area contributed by atoms with E-state index in [9.17, 15) is 27.6 Å². The molecule has 3 N–H and O–H groups in total. The van der Waals surface area contributed by atoms with E-state index < -0.39 is 30.3 Å². The first kappa shape index (κ1) is 22.9. The van der Waals surface area contributed by atoms with Crippen molar-refractivity contribution in [2.75, 3.05) is 24.2 Å². The molecule has 4 amide bonds. The average molecular weight is 450 g/mol. The van der Waals surface area contributed by atoms with Gasteiger partial charge in [0, 0.05) is 26.2 Å². The SMILES string of the molecule is CC(=O)Nc1ccc2c(c1)NC(CN(C)C(=O)NC(=O)C(F)(F)F)C(c1ccccc1)O2. The number of amides is 4. The van der Waals surface area contributed by atoms with Crippen LogP contribution in [-0.2, 0) is 9.59 Å². The molecule has 32 heavy (non-hydrogen) atoms. The van der Waals surface area contributed by atoms with Gasteiger partial charge in [0.15, 0.2) is 0 Å².